The molecule has 0 saturated heterocycles. The third-order valence-corrected chi connectivity index (χ3v) is 4.10. The normalized spacial score (nSPS) is 22.8. The minimum atomic E-state index is -0.784. The molecule has 1 saturated carbocycles. The van der Waals surface area contributed by atoms with E-state index in [1.54, 1.807) is 24.3 Å². The molecule has 0 heterocycles. The lowest BCUT2D eigenvalue weighted by Gasteiger charge is -2.28. The second kappa shape index (κ2) is 5.95. The van der Waals surface area contributed by atoms with E-state index in [1.165, 1.54) is 0 Å². The van der Waals surface area contributed by atoms with E-state index in [0.717, 1.165) is 19.3 Å². The van der Waals surface area contributed by atoms with Crippen LogP contribution in [0.15, 0.2) is 30.3 Å². The standard InChI is InChI=1S/C15H19NO3/c1-11(13-9-5-6-10-14(13)17)15(16(18)19)12-7-3-2-4-8-12/h2-4,7-8,11,13,15H,5-6,9-10H2,1H3/t11-,13-,15?/m0/s1. The quantitative estimate of drug-likeness (QED) is 0.616. The van der Waals surface area contributed by atoms with E-state index >= 15 is 0 Å². The Morgan fingerprint density at radius 2 is 1.95 bits per heavy atom. The number of carbonyl (C=O) groups excluding carboxylic acids is 1. The Labute approximate surface area is 113 Å². The van der Waals surface area contributed by atoms with Crippen LogP contribution in [-0.4, -0.2) is 10.7 Å². The summed E-state index contributed by atoms with van der Waals surface area (Å²) in [4.78, 5) is 23.1. The SMILES string of the molecule is C[C@H](C(c1ccccc1)[N+](=O)[O-])[C@@H]1CCCCC1=O. The van der Waals surface area contributed by atoms with Crippen LogP contribution in [-0.2, 0) is 4.79 Å². The molecule has 3 atom stereocenters. The van der Waals surface area contributed by atoms with Crippen LogP contribution in [0.4, 0.5) is 0 Å². The van der Waals surface area contributed by atoms with E-state index in [1.807, 2.05) is 13.0 Å². The van der Waals surface area contributed by atoms with Gasteiger partial charge in [-0.1, -0.05) is 43.7 Å². The molecule has 0 bridgehead atoms. The lowest BCUT2D eigenvalue weighted by Crippen LogP contribution is -2.32. The molecule has 0 aromatic heterocycles. The zero-order valence-corrected chi connectivity index (χ0v) is 11.1. The van der Waals surface area contributed by atoms with Crippen LogP contribution in [0.1, 0.15) is 44.2 Å². The van der Waals surface area contributed by atoms with E-state index in [-0.39, 0.29) is 22.5 Å². The third-order valence-electron chi connectivity index (χ3n) is 4.10. The van der Waals surface area contributed by atoms with E-state index in [2.05, 4.69) is 0 Å². The largest absolute Gasteiger partial charge is 0.299 e. The fourth-order valence-corrected chi connectivity index (χ4v) is 3.05. The fraction of sp³-hybridized carbons (Fsp3) is 0.533. The molecule has 1 aromatic carbocycles. The average Bonchev–Trinajstić information content (AvgIpc) is 2.40. The van der Waals surface area contributed by atoms with Crippen molar-refractivity contribution in [3.8, 4) is 0 Å². The van der Waals surface area contributed by atoms with Gasteiger partial charge in [-0.25, -0.2) is 0 Å². The van der Waals surface area contributed by atoms with Crippen molar-refractivity contribution in [1.29, 1.82) is 0 Å². The third kappa shape index (κ3) is 3.00. The summed E-state index contributed by atoms with van der Waals surface area (Å²) >= 11 is 0. The topological polar surface area (TPSA) is 60.2 Å². The number of nitrogens with zero attached hydrogens (tertiary/aromatic N) is 1. The molecule has 1 aromatic rings. The first-order chi connectivity index (χ1) is 9.11. The molecule has 1 aliphatic carbocycles. The summed E-state index contributed by atoms with van der Waals surface area (Å²) in [6, 6.07) is 8.22. The van der Waals surface area contributed by atoms with Gasteiger partial charge in [-0.15, -0.1) is 0 Å². The average molecular weight is 261 g/mol. The maximum atomic E-state index is 12.0. The van der Waals surface area contributed by atoms with Gasteiger partial charge in [-0.3, -0.25) is 14.9 Å². The van der Waals surface area contributed by atoms with Gasteiger partial charge in [0.1, 0.15) is 5.78 Å². The number of nitro groups is 1. The highest BCUT2D eigenvalue weighted by molar-refractivity contribution is 5.81. The number of Topliss-reactive ketones (excluding diaryl/α,β-unsaturated/α-hetero) is 1. The molecule has 1 fully saturated rings. The predicted octanol–water partition coefficient (Wildman–Crippen LogP) is 3.40. The van der Waals surface area contributed by atoms with Crippen molar-refractivity contribution < 1.29 is 9.72 Å². The van der Waals surface area contributed by atoms with Crippen LogP contribution in [0.2, 0.25) is 0 Å². The number of benzene rings is 1. The summed E-state index contributed by atoms with van der Waals surface area (Å²) in [5.74, 6) is -0.212. The van der Waals surface area contributed by atoms with E-state index in [0.29, 0.717) is 12.0 Å². The van der Waals surface area contributed by atoms with Crippen molar-refractivity contribution in [2.45, 2.75) is 38.6 Å². The van der Waals surface area contributed by atoms with Crippen molar-refractivity contribution in [3.63, 3.8) is 0 Å². The molecule has 0 radical (unpaired) electrons. The van der Waals surface area contributed by atoms with Crippen LogP contribution in [0.3, 0.4) is 0 Å². The number of carbonyl (C=O) groups is 1. The van der Waals surface area contributed by atoms with Crippen molar-refractivity contribution in [2.24, 2.45) is 11.8 Å². The van der Waals surface area contributed by atoms with Gasteiger partial charge >= 0.3 is 0 Å². The number of rotatable bonds is 4. The molecular weight excluding hydrogens is 242 g/mol. The Bertz CT molecular complexity index is 458. The lowest BCUT2D eigenvalue weighted by atomic mass is 9.75. The summed E-state index contributed by atoms with van der Waals surface area (Å²) in [7, 11) is 0. The maximum absolute atomic E-state index is 12.0. The fourth-order valence-electron chi connectivity index (χ4n) is 3.05. The van der Waals surface area contributed by atoms with Crippen molar-refractivity contribution in [1.82, 2.24) is 0 Å². The first-order valence-electron chi connectivity index (χ1n) is 6.82. The molecule has 1 unspecified atom stereocenters. The van der Waals surface area contributed by atoms with Crippen LogP contribution in [0.5, 0.6) is 0 Å². The van der Waals surface area contributed by atoms with Crippen molar-refractivity contribution in [3.05, 3.63) is 46.0 Å². The molecule has 19 heavy (non-hydrogen) atoms. The molecule has 2 rings (SSSR count). The van der Waals surface area contributed by atoms with Crippen LogP contribution >= 0.6 is 0 Å². The Kier molecular flexibility index (Phi) is 4.30. The predicted molar refractivity (Wildman–Crippen MR) is 72.3 cm³/mol. The van der Waals surface area contributed by atoms with Gasteiger partial charge in [0.25, 0.3) is 0 Å². The summed E-state index contributed by atoms with van der Waals surface area (Å²) in [5.41, 5.74) is 0.693. The highest BCUT2D eigenvalue weighted by Crippen LogP contribution is 2.36. The second-order valence-electron chi connectivity index (χ2n) is 5.32. The van der Waals surface area contributed by atoms with E-state index < -0.39 is 6.04 Å². The first kappa shape index (κ1) is 13.7. The highest BCUT2D eigenvalue weighted by atomic mass is 16.6. The molecule has 0 N–H and O–H groups in total. The van der Waals surface area contributed by atoms with Gasteiger partial charge in [0, 0.05) is 28.7 Å². The summed E-state index contributed by atoms with van der Waals surface area (Å²) < 4.78 is 0. The zero-order valence-electron chi connectivity index (χ0n) is 11.1. The summed E-state index contributed by atoms with van der Waals surface area (Å²) in [5, 5.41) is 11.4. The maximum Gasteiger partial charge on any atom is 0.241 e. The van der Waals surface area contributed by atoms with E-state index in [4.69, 9.17) is 0 Å². The monoisotopic (exact) mass is 261 g/mol. The van der Waals surface area contributed by atoms with Gasteiger partial charge in [-0.05, 0) is 12.8 Å². The molecule has 4 nitrogen and oxygen atoms in total. The Morgan fingerprint density at radius 3 is 2.53 bits per heavy atom. The van der Waals surface area contributed by atoms with Crippen LogP contribution in [0.25, 0.3) is 0 Å². The highest BCUT2D eigenvalue weighted by Gasteiger charge is 2.39. The smallest absolute Gasteiger partial charge is 0.241 e. The minimum absolute atomic E-state index is 0.163. The summed E-state index contributed by atoms with van der Waals surface area (Å²) in [6.45, 7) is 1.84. The molecule has 0 aliphatic heterocycles. The lowest BCUT2D eigenvalue weighted by molar-refractivity contribution is -0.540. The van der Waals surface area contributed by atoms with Crippen LogP contribution in [0, 0.1) is 22.0 Å². The molecule has 102 valence electrons. The minimum Gasteiger partial charge on any atom is -0.299 e. The van der Waals surface area contributed by atoms with Gasteiger partial charge in [0.05, 0.1) is 0 Å². The zero-order chi connectivity index (χ0) is 13.8. The molecule has 4 heteroatoms. The number of ketones is 1. The molecule has 1 aliphatic rings. The van der Waals surface area contributed by atoms with E-state index in [9.17, 15) is 14.9 Å². The summed E-state index contributed by atoms with van der Waals surface area (Å²) in [6.07, 6.45) is 3.29. The molecular formula is C15H19NO3. The Hall–Kier alpha value is -1.71. The van der Waals surface area contributed by atoms with Gasteiger partial charge in [0.2, 0.25) is 6.04 Å². The van der Waals surface area contributed by atoms with Crippen molar-refractivity contribution >= 4 is 5.78 Å². The first-order valence-corrected chi connectivity index (χ1v) is 6.82. The Balaban J connectivity index is 2.24. The van der Waals surface area contributed by atoms with Gasteiger partial charge < -0.3 is 0 Å². The molecule has 0 amide bonds. The molecule has 0 spiro atoms. The van der Waals surface area contributed by atoms with Gasteiger partial charge in [0.15, 0.2) is 0 Å². The van der Waals surface area contributed by atoms with Crippen LogP contribution < -0.4 is 0 Å². The number of hydrogen-bond acceptors (Lipinski definition) is 3. The van der Waals surface area contributed by atoms with Crippen molar-refractivity contribution in [2.75, 3.05) is 0 Å². The van der Waals surface area contributed by atoms with Gasteiger partial charge in [-0.2, -0.15) is 0 Å². The Morgan fingerprint density at radius 1 is 1.26 bits per heavy atom. The number of hydrogen-bond donors (Lipinski definition) is 0. The second-order valence-corrected chi connectivity index (χ2v) is 5.32.